The normalized spacial score (nSPS) is 17.5. The summed E-state index contributed by atoms with van der Waals surface area (Å²) < 4.78 is 6.21. The largest absolute Gasteiger partial charge is 0.483 e. The van der Waals surface area contributed by atoms with E-state index in [2.05, 4.69) is 25.7 Å². The highest BCUT2D eigenvalue weighted by atomic mass is 16.5. The SMILES string of the molecule is CCN1CC(CC)(CC)Oc2ccc(N)cc21. The van der Waals surface area contributed by atoms with Gasteiger partial charge >= 0.3 is 0 Å². The zero-order valence-corrected chi connectivity index (χ0v) is 11.0. The van der Waals surface area contributed by atoms with Crippen molar-refractivity contribution < 1.29 is 4.74 Å². The van der Waals surface area contributed by atoms with Crippen molar-refractivity contribution in [3.63, 3.8) is 0 Å². The van der Waals surface area contributed by atoms with E-state index in [1.807, 2.05) is 18.2 Å². The minimum absolute atomic E-state index is 0.0425. The van der Waals surface area contributed by atoms with Crippen LogP contribution < -0.4 is 15.4 Å². The monoisotopic (exact) mass is 234 g/mol. The second kappa shape index (κ2) is 4.47. The van der Waals surface area contributed by atoms with Gasteiger partial charge in [-0.15, -0.1) is 0 Å². The summed E-state index contributed by atoms with van der Waals surface area (Å²) in [6.45, 7) is 8.50. The summed E-state index contributed by atoms with van der Waals surface area (Å²) in [6, 6.07) is 5.91. The van der Waals surface area contributed by atoms with Crippen molar-refractivity contribution in [1.82, 2.24) is 0 Å². The molecule has 0 aromatic heterocycles. The molecule has 0 radical (unpaired) electrons. The van der Waals surface area contributed by atoms with Gasteiger partial charge in [0.1, 0.15) is 11.4 Å². The van der Waals surface area contributed by atoms with Crippen LogP contribution in [0.15, 0.2) is 18.2 Å². The van der Waals surface area contributed by atoms with Crippen LogP contribution in [0.2, 0.25) is 0 Å². The molecule has 3 nitrogen and oxygen atoms in total. The van der Waals surface area contributed by atoms with Crippen molar-refractivity contribution in [2.45, 2.75) is 39.2 Å². The molecule has 0 amide bonds. The molecule has 0 fully saturated rings. The van der Waals surface area contributed by atoms with E-state index < -0.39 is 0 Å². The van der Waals surface area contributed by atoms with E-state index >= 15 is 0 Å². The molecular weight excluding hydrogens is 212 g/mol. The van der Waals surface area contributed by atoms with Crippen LogP contribution >= 0.6 is 0 Å². The van der Waals surface area contributed by atoms with Crippen molar-refractivity contribution in [2.24, 2.45) is 0 Å². The summed E-state index contributed by atoms with van der Waals surface area (Å²) in [5, 5.41) is 0. The van der Waals surface area contributed by atoms with E-state index in [9.17, 15) is 0 Å². The second-order valence-corrected chi connectivity index (χ2v) is 4.73. The van der Waals surface area contributed by atoms with Gasteiger partial charge in [0, 0.05) is 12.2 Å². The first kappa shape index (κ1) is 12.1. The summed E-state index contributed by atoms with van der Waals surface area (Å²) in [4.78, 5) is 2.36. The Morgan fingerprint density at radius 1 is 1.29 bits per heavy atom. The van der Waals surface area contributed by atoms with Gasteiger partial charge < -0.3 is 15.4 Å². The molecule has 1 aliphatic rings. The van der Waals surface area contributed by atoms with Gasteiger partial charge in [0.15, 0.2) is 0 Å². The molecule has 0 bridgehead atoms. The van der Waals surface area contributed by atoms with Crippen molar-refractivity contribution >= 4 is 11.4 Å². The maximum absolute atomic E-state index is 6.21. The van der Waals surface area contributed by atoms with Crippen LogP contribution in [-0.2, 0) is 0 Å². The third kappa shape index (κ3) is 2.06. The summed E-state index contributed by atoms with van der Waals surface area (Å²) >= 11 is 0. The average Bonchev–Trinajstić information content (AvgIpc) is 2.37. The van der Waals surface area contributed by atoms with E-state index in [0.29, 0.717) is 0 Å². The Bertz CT molecular complexity index is 399. The number of ether oxygens (including phenoxy) is 1. The van der Waals surface area contributed by atoms with Gasteiger partial charge in [-0.1, -0.05) is 13.8 Å². The van der Waals surface area contributed by atoms with E-state index in [4.69, 9.17) is 10.5 Å². The number of anilines is 2. The molecule has 0 aliphatic carbocycles. The number of nitrogens with two attached hydrogens (primary N) is 1. The number of rotatable bonds is 3. The zero-order valence-electron chi connectivity index (χ0n) is 11.0. The smallest absolute Gasteiger partial charge is 0.143 e. The van der Waals surface area contributed by atoms with Crippen LogP contribution in [0.3, 0.4) is 0 Å². The number of fused-ring (bicyclic) bond motifs is 1. The van der Waals surface area contributed by atoms with Crippen LogP contribution in [0, 0.1) is 0 Å². The van der Waals surface area contributed by atoms with Crippen molar-refractivity contribution in [3.05, 3.63) is 18.2 Å². The zero-order chi connectivity index (χ0) is 12.5. The van der Waals surface area contributed by atoms with Crippen LogP contribution in [0.5, 0.6) is 5.75 Å². The molecular formula is C14H22N2O. The van der Waals surface area contributed by atoms with Crippen LogP contribution in [0.25, 0.3) is 0 Å². The highest BCUT2D eigenvalue weighted by Gasteiger charge is 2.36. The summed E-state index contributed by atoms with van der Waals surface area (Å²) in [7, 11) is 0. The topological polar surface area (TPSA) is 38.5 Å². The predicted molar refractivity (Wildman–Crippen MR) is 72.7 cm³/mol. The van der Waals surface area contributed by atoms with E-state index in [0.717, 1.165) is 43.1 Å². The van der Waals surface area contributed by atoms with Gasteiger partial charge in [0.25, 0.3) is 0 Å². The minimum Gasteiger partial charge on any atom is -0.483 e. The lowest BCUT2D eigenvalue weighted by molar-refractivity contribution is 0.0578. The van der Waals surface area contributed by atoms with Crippen molar-refractivity contribution in [2.75, 3.05) is 23.7 Å². The Balaban J connectivity index is 2.42. The first-order valence-corrected chi connectivity index (χ1v) is 6.47. The molecule has 1 heterocycles. The fourth-order valence-electron chi connectivity index (χ4n) is 2.47. The number of nitrogen functional groups attached to an aromatic ring is 1. The number of nitrogens with zero attached hydrogens (tertiary/aromatic N) is 1. The van der Waals surface area contributed by atoms with Gasteiger partial charge in [0.05, 0.1) is 12.2 Å². The van der Waals surface area contributed by atoms with Gasteiger partial charge in [-0.2, -0.15) is 0 Å². The van der Waals surface area contributed by atoms with Crippen LogP contribution in [-0.4, -0.2) is 18.7 Å². The maximum Gasteiger partial charge on any atom is 0.143 e. The third-order valence-corrected chi connectivity index (χ3v) is 3.80. The molecule has 3 heteroatoms. The Morgan fingerprint density at radius 2 is 2.00 bits per heavy atom. The van der Waals surface area contributed by atoms with Crippen molar-refractivity contribution in [3.8, 4) is 5.75 Å². The van der Waals surface area contributed by atoms with E-state index in [1.165, 1.54) is 0 Å². The van der Waals surface area contributed by atoms with E-state index in [1.54, 1.807) is 0 Å². The summed E-state index contributed by atoms with van der Waals surface area (Å²) in [5.41, 5.74) is 7.73. The first-order valence-electron chi connectivity index (χ1n) is 6.47. The molecule has 1 aliphatic heterocycles. The fourth-order valence-corrected chi connectivity index (χ4v) is 2.47. The summed E-state index contributed by atoms with van der Waals surface area (Å²) in [6.07, 6.45) is 2.06. The minimum atomic E-state index is -0.0425. The second-order valence-electron chi connectivity index (χ2n) is 4.73. The molecule has 0 unspecified atom stereocenters. The van der Waals surface area contributed by atoms with Gasteiger partial charge in [0.2, 0.25) is 0 Å². The number of likely N-dealkylation sites (N-methyl/N-ethyl adjacent to an activating group) is 1. The van der Waals surface area contributed by atoms with Crippen LogP contribution in [0.4, 0.5) is 11.4 Å². The Kier molecular flexibility index (Phi) is 3.18. The van der Waals surface area contributed by atoms with Gasteiger partial charge in [-0.3, -0.25) is 0 Å². The van der Waals surface area contributed by atoms with E-state index in [-0.39, 0.29) is 5.60 Å². The molecule has 2 N–H and O–H groups in total. The first-order chi connectivity index (χ1) is 8.14. The number of benzene rings is 1. The lowest BCUT2D eigenvalue weighted by atomic mass is 9.94. The Morgan fingerprint density at radius 3 is 2.59 bits per heavy atom. The molecule has 1 aromatic rings. The highest BCUT2D eigenvalue weighted by molar-refractivity contribution is 5.66. The van der Waals surface area contributed by atoms with Gasteiger partial charge in [-0.25, -0.2) is 0 Å². The number of hydrogen-bond donors (Lipinski definition) is 1. The molecule has 0 saturated carbocycles. The molecule has 0 saturated heterocycles. The Labute approximate surface area is 104 Å². The lowest BCUT2D eigenvalue weighted by Gasteiger charge is -2.44. The highest BCUT2D eigenvalue weighted by Crippen LogP contribution is 2.40. The Hall–Kier alpha value is -1.38. The predicted octanol–water partition coefficient (Wildman–Crippen LogP) is 3.05. The molecule has 2 rings (SSSR count). The molecule has 0 spiro atoms. The molecule has 1 aromatic carbocycles. The average molecular weight is 234 g/mol. The molecule has 94 valence electrons. The van der Waals surface area contributed by atoms with Gasteiger partial charge in [-0.05, 0) is 38.0 Å². The third-order valence-electron chi connectivity index (χ3n) is 3.80. The lowest BCUT2D eigenvalue weighted by Crippen LogP contribution is -2.50. The quantitative estimate of drug-likeness (QED) is 0.817. The molecule has 0 atom stereocenters. The fraction of sp³-hybridized carbons (Fsp3) is 0.571. The standard InChI is InChI=1S/C14H22N2O/c1-4-14(5-2)10-16(6-3)12-9-11(15)7-8-13(12)17-14/h7-9H,4-6,10,15H2,1-3H3. The van der Waals surface area contributed by atoms with Crippen LogP contribution in [0.1, 0.15) is 33.6 Å². The maximum atomic E-state index is 6.21. The molecule has 17 heavy (non-hydrogen) atoms. The number of hydrogen-bond acceptors (Lipinski definition) is 3. The van der Waals surface area contributed by atoms with Crippen molar-refractivity contribution in [1.29, 1.82) is 0 Å². The summed E-state index contributed by atoms with van der Waals surface area (Å²) in [5.74, 6) is 0.969.